The van der Waals surface area contributed by atoms with Crippen molar-refractivity contribution >= 4 is 22.5 Å². The molecule has 2 N–H and O–H groups in total. The molecule has 0 aliphatic rings. The maximum atomic E-state index is 13.8. The standard InChI is InChI=1S/C19H14F2N4O/c20-13-6-7-16(15(21)8-13)23-14-9-17-18(22-10-14)25(19(26)24-17)11-12-4-2-1-3-5-12/h1-10,23H,11H2,(H,24,26). The number of H-pyrrole nitrogens is 1. The van der Waals surface area contributed by atoms with Crippen molar-refractivity contribution in [1.82, 2.24) is 14.5 Å². The van der Waals surface area contributed by atoms with Crippen molar-refractivity contribution in [3.63, 3.8) is 0 Å². The molecule has 4 aromatic rings. The van der Waals surface area contributed by atoms with Crippen molar-refractivity contribution in [1.29, 1.82) is 0 Å². The smallest absolute Gasteiger partial charge is 0.327 e. The summed E-state index contributed by atoms with van der Waals surface area (Å²) in [5.74, 6) is -1.36. The molecule has 26 heavy (non-hydrogen) atoms. The molecule has 0 radical (unpaired) electrons. The molecular formula is C19H14F2N4O. The number of anilines is 2. The van der Waals surface area contributed by atoms with Gasteiger partial charge < -0.3 is 10.3 Å². The molecule has 4 rings (SSSR count). The fraction of sp³-hybridized carbons (Fsp3) is 0.0526. The largest absolute Gasteiger partial charge is 0.352 e. The summed E-state index contributed by atoms with van der Waals surface area (Å²) < 4.78 is 28.3. The third kappa shape index (κ3) is 3.06. The minimum Gasteiger partial charge on any atom is -0.352 e. The quantitative estimate of drug-likeness (QED) is 0.587. The van der Waals surface area contributed by atoms with Gasteiger partial charge in [0.1, 0.15) is 11.6 Å². The molecule has 0 spiro atoms. The van der Waals surface area contributed by atoms with Gasteiger partial charge in [-0.25, -0.2) is 18.6 Å². The Morgan fingerprint density at radius 1 is 1.08 bits per heavy atom. The van der Waals surface area contributed by atoms with Crippen LogP contribution in [0.25, 0.3) is 11.2 Å². The van der Waals surface area contributed by atoms with Crippen molar-refractivity contribution in [3.8, 4) is 0 Å². The van der Waals surface area contributed by atoms with Crippen LogP contribution in [0.3, 0.4) is 0 Å². The van der Waals surface area contributed by atoms with Crippen molar-refractivity contribution in [2.24, 2.45) is 0 Å². The lowest BCUT2D eigenvalue weighted by Crippen LogP contribution is -2.17. The fourth-order valence-corrected chi connectivity index (χ4v) is 2.77. The lowest BCUT2D eigenvalue weighted by molar-refractivity contribution is 0.586. The van der Waals surface area contributed by atoms with Crippen LogP contribution < -0.4 is 11.0 Å². The third-order valence-corrected chi connectivity index (χ3v) is 4.00. The highest BCUT2D eigenvalue weighted by Crippen LogP contribution is 2.22. The van der Waals surface area contributed by atoms with Crippen LogP contribution in [0.2, 0.25) is 0 Å². The van der Waals surface area contributed by atoms with E-state index in [0.717, 1.165) is 17.7 Å². The van der Waals surface area contributed by atoms with E-state index in [1.807, 2.05) is 30.3 Å². The maximum Gasteiger partial charge on any atom is 0.327 e. The first-order chi connectivity index (χ1) is 12.6. The SMILES string of the molecule is O=c1[nH]c2cc(Nc3ccc(F)cc3F)cnc2n1Cc1ccccc1. The summed E-state index contributed by atoms with van der Waals surface area (Å²) in [6.07, 6.45) is 1.50. The Morgan fingerprint density at radius 2 is 1.88 bits per heavy atom. The first kappa shape index (κ1) is 16.0. The van der Waals surface area contributed by atoms with Gasteiger partial charge in [0.15, 0.2) is 5.65 Å². The summed E-state index contributed by atoms with van der Waals surface area (Å²) in [5.41, 5.74) is 2.34. The lowest BCUT2D eigenvalue weighted by atomic mass is 10.2. The van der Waals surface area contributed by atoms with Crippen LogP contribution in [-0.2, 0) is 6.54 Å². The number of rotatable bonds is 4. The minimum atomic E-state index is -0.708. The minimum absolute atomic E-state index is 0.124. The molecule has 0 fully saturated rings. The number of hydrogen-bond donors (Lipinski definition) is 2. The van der Waals surface area contributed by atoms with E-state index in [-0.39, 0.29) is 11.4 Å². The summed E-state index contributed by atoms with van der Waals surface area (Å²) in [5, 5.41) is 2.83. The van der Waals surface area contributed by atoms with Crippen LogP contribution >= 0.6 is 0 Å². The fourth-order valence-electron chi connectivity index (χ4n) is 2.77. The Labute approximate surface area is 146 Å². The molecule has 7 heteroatoms. The summed E-state index contributed by atoms with van der Waals surface area (Å²) in [4.78, 5) is 19.3. The van der Waals surface area contributed by atoms with Gasteiger partial charge in [0.2, 0.25) is 0 Å². The Morgan fingerprint density at radius 3 is 2.65 bits per heavy atom. The van der Waals surface area contributed by atoms with Gasteiger partial charge in [-0.2, -0.15) is 0 Å². The van der Waals surface area contributed by atoms with E-state index < -0.39 is 11.6 Å². The Balaban J connectivity index is 1.67. The molecule has 0 unspecified atom stereocenters. The number of aromatic nitrogens is 3. The van der Waals surface area contributed by atoms with E-state index in [2.05, 4.69) is 15.3 Å². The average Bonchev–Trinajstić information content (AvgIpc) is 2.93. The number of aromatic amines is 1. The van der Waals surface area contributed by atoms with E-state index in [0.29, 0.717) is 23.4 Å². The highest BCUT2D eigenvalue weighted by Gasteiger charge is 2.10. The summed E-state index contributed by atoms with van der Waals surface area (Å²) in [7, 11) is 0. The zero-order valence-corrected chi connectivity index (χ0v) is 13.5. The number of benzene rings is 2. The molecule has 0 amide bonds. The molecule has 0 bridgehead atoms. The number of hydrogen-bond acceptors (Lipinski definition) is 3. The summed E-state index contributed by atoms with van der Waals surface area (Å²) >= 11 is 0. The molecule has 2 aromatic heterocycles. The van der Waals surface area contributed by atoms with Crippen LogP contribution in [0.15, 0.2) is 65.6 Å². The highest BCUT2D eigenvalue weighted by atomic mass is 19.1. The zero-order valence-electron chi connectivity index (χ0n) is 13.5. The molecule has 0 aliphatic carbocycles. The van der Waals surface area contributed by atoms with Gasteiger partial charge in [-0.1, -0.05) is 30.3 Å². The monoisotopic (exact) mass is 352 g/mol. The van der Waals surface area contributed by atoms with Crippen molar-refractivity contribution < 1.29 is 8.78 Å². The molecule has 0 saturated heterocycles. The number of fused-ring (bicyclic) bond motifs is 1. The third-order valence-electron chi connectivity index (χ3n) is 4.00. The number of nitrogens with zero attached hydrogens (tertiary/aromatic N) is 2. The normalized spacial score (nSPS) is 11.0. The van der Waals surface area contributed by atoms with E-state index in [9.17, 15) is 13.6 Å². The molecule has 5 nitrogen and oxygen atoms in total. The molecule has 2 aromatic carbocycles. The van der Waals surface area contributed by atoms with Crippen molar-refractivity contribution in [2.45, 2.75) is 6.54 Å². The predicted molar refractivity (Wildman–Crippen MR) is 95.5 cm³/mol. The van der Waals surface area contributed by atoms with Gasteiger partial charge in [0, 0.05) is 6.07 Å². The average molecular weight is 352 g/mol. The molecule has 130 valence electrons. The maximum absolute atomic E-state index is 13.8. The van der Waals surface area contributed by atoms with Gasteiger partial charge in [0.05, 0.1) is 29.6 Å². The molecule has 0 aliphatic heterocycles. The van der Waals surface area contributed by atoms with E-state index in [4.69, 9.17) is 0 Å². The van der Waals surface area contributed by atoms with Gasteiger partial charge >= 0.3 is 5.69 Å². The van der Waals surface area contributed by atoms with Gasteiger partial charge in [-0.15, -0.1) is 0 Å². The number of halogens is 2. The summed E-state index contributed by atoms with van der Waals surface area (Å²) in [6, 6.07) is 14.5. The molecule has 2 heterocycles. The second-order valence-electron chi connectivity index (χ2n) is 5.85. The van der Waals surface area contributed by atoms with Crippen LogP contribution in [0.5, 0.6) is 0 Å². The van der Waals surface area contributed by atoms with E-state index in [1.165, 1.54) is 16.8 Å². The summed E-state index contributed by atoms with van der Waals surface area (Å²) in [6.45, 7) is 0.395. The van der Waals surface area contributed by atoms with Gasteiger partial charge in [-0.05, 0) is 23.8 Å². The second-order valence-corrected chi connectivity index (χ2v) is 5.85. The topological polar surface area (TPSA) is 62.7 Å². The van der Waals surface area contributed by atoms with E-state index >= 15 is 0 Å². The number of nitrogens with one attached hydrogen (secondary N) is 2. The van der Waals surface area contributed by atoms with Crippen LogP contribution in [0.4, 0.5) is 20.2 Å². The Kier molecular flexibility index (Phi) is 3.96. The van der Waals surface area contributed by atoms with E-state index in [1.54, 1.807) is 6.07 Å². The molecular weight excluding hydrogens is 338 g/mol. The second kappa shape index (κ2) is 6.44. The number of imidazole rings is 1. The Bertz CT molecular complexity index is 1140. The van der Waals surface area contributed by atoms with Crippen LogP contribution in [0, 0.1) is 11.6 Å². The predicted octanol–water partition coefficient (Wildman–Crippen LogP) is 3.79. The van der Waals surface area contributed by atoms with Crippen LogP contribution in [0.1, 0.15) is 5.56 Å². The van der Waals surface area contributed by atoms with Crippen molar-refractivity contribution in [2.75, 3.05) is 5.32 Å². The zero-order chi connectivity index (χ0) is 18.1. The number of pyridine rings is 1. The van der Waals surface area contributed by atoms with Crippen LogP contribution in [-0.4, -0.2) is 14.5 Å². The first-order valence-electron chi connectivity index (χ1n) is 7.95. The Hall–Kier alpha value is -3.48. The highest BCUT2D eigenvalue weighted by molar-refractivity contribution is 5.76. The molecule has 0 atom stereocenters. The lowest BCUT2D eigenvalue weighted by Gasteiger charge is -2.08. The molecule has 0 saturated carbocycles. The van der Waals surface area contributed by atoms with Gasteiger partial charge in [-0.3, -0.25) is 4.57 Å². The van der Waals surface area contributed by atoms with Gasteiger partial charge in [0.25, 0.3) is 0 Å². The first-order valence-corrected chi connectivity index (χ1v) is 7.95. The van der Waals surface area contributed by atoms with Crippen molar-refractivity contribution in [3.05, 3.63) is 88.5 Å².